The Hall–Kier alpha value is -3.08. The Morgan fingerprint density at radius 3 is 2.52 bits per heavy atom. The van der Waals surface area contributed by atoms with Crippen molar-refractivity contribution in [3.8, 4) is 11.5 Å². The summed E-state index contributed by atoms with van der Waals surface area (Å²) in [5.41, 5.74) is 2.39. The van der Waals surface area contributed by atoms with Crippen molar-refractivity contribution in [2.75, 3.05) is 38.5 Å². The lowest BCUT2D eigenvalue weighted by Gasteiger charge is -2.31. The molecule has 0 spiro atoms. The van der Waals surface area contributed by atoms with Crippen LogP contribution in [0.25, 0.3) is 11.5 Å². The molecule has 4 rings (SSSR count). The first-order chi connectivity index (χ1) is 15.8. The zero-order valence-corrected chi connectivity index (χ0v) is 19.5. The Bertz CT molecular complexity index is 1220. The highest BCUT2D eigenvalue weighted by Gasteiger charge is 2.27. The Morgan fingerprint density at radius 2 is 1.79 bits per heavy atom. The molecule has 0 unspecified atom stereocenters. The first-order valence-electron chi connectivity index (χ1n) is 10.8. The number of rotatable bonds is 7. The summed E-state index contributed by atoms with van der Waals surface area (Å²) < 4.78 is 33.0. The first kappa shape index (κ1) is 23.1. The van der Waals surface area contributed by atoms with Crippen LogP contribution in [0.5, 0.6) is 0 Å². The molecule has 1 aliphatic heterocycles. The lowest BCUT2D eigenvalue weighted by atomic mass is 10.1. The molecule has 1 fully saturated rings. The maximum atomic E-state index is 12.9. The van der Waals surface area contributed by atoms with Crippen LogP contribution in [0.15, 0.2) is 57.8 Å². The molecular weight excluding hydrogens is 442 g/mol. The van der Waals surface area contributed by atoms with Crippen molar-refractivity contribution < 1.29 is 17.6 Å². The minimum Gasteiger partial charge on any atom is -0.421 e. The molecule has 1 N–H and O–H groups in total. The second kappa shape index (κ2) is 9.82. The predicted molar refractivity (Wildman–Crippen MR) is 124 cm³/mol. The van der Waals surface area contributed by atoms with Gasteiger partial charge in [-0.05, 0) is 44.3 Å². The molecule has 0 saturated carbocycles. The van der Waals surface area contributed by atoms with Gasteiger partial charge in [-0.25, -0.2) is 8.42 Å². The number of carbonyl (C=O) groups is 1. The molecule has 0 radical (unpaired) electrons. The number of hydrogen-bond donors (Lipinski definition) is 1. The number of hydrogen-bond acceptors (Lipinski definition) is 7. The molecule has 174 valence electrons. The SMILES string of the molecule is Cc1ccc(-c2nnc(CCC(=O)Nc3cccc(S(=O)(=O)N4CCN(C)CC4)c3)o2)cc1. The van der Waals surface area contributed by atoms with Gasteiger partial charge in [-0.3, -0.25) is 4.79 Å². The van der Waals surface area contributed by atoms with E-state index in [1.807, 2.05) is 38.2 Å². The second-order valence-electron chi connectivity index (χ2n) is 8.15. The third kappa shape index (κ3) is 5.65. The molecule has 0 atom stereocenters. The molecule has 0 bridgehead atoms. The molecule has 2 aromatic carbocycles. The van der Waals surface area contributed by atoms with Gasteiger partial charge in [0, 0.05) is 50.3 Å². The summed E-state index contributed by atoms with van der Waals surface area (Å²) in [6.45, 7) is 4.28. The number of anilines is 1. The van der Waals surface area contributed by atoms with Gasteiger partial charge in [0.05, 0.1) is 4.90 Å². The third-order valence-corrected chi connectivity index (χ3v) is 7.44. The van der Waals surface area contributed by atoms with Crippen LogP contribution in [0.4, 0.5) is 5.69 Å². The highest BCUT2D eigenvalue weighted by Crippen LogP contribution is 2.22. The largest absolute Gasteiger partial charge is 0.421 e. The van der Waals surface area contributed by atoms with Gasteiger partial charge in [-0.2, -0.15) is 4.31 Å². The number of nitrogens with zero attached hydrogens (tertiary/aromatic N) is 4. The van der Waals surface area contributed by atoms with Crippen LogP contribution in [-0.2, 0) is 21.2 Å². The Labute approximate surface area is 193 Å². The van der Waals surface area contributed by atoms with E-state index in [2.05, 4.69) is 20.4 Å². The Kier molecular flexibility index (Phi) is 6.87. The van der Waals surface area contributed by atoms with Crippen molar-refractivity contribution in [2.24, 2.45) is 0 Å². The minimum atomic E-state index is -3.60. The molecule has 1 saturated heterocycles. The zero-order chi connectivity index (χ0) is 23.4. The standard InChI is InChI=1S/C23H27N5O4S/c1-17-6-8-18(9-7-17)23-26-25-22(32-23)11-10-21(29)24-19-4-3-5-20(16-19)33(30,31)28-14-12-27(2)13-15-28/h3-9,16H,10-15H2,1-2H3,(H,24,29). The fraction of sp³-hybridized carbons (Fsp3) is 0.348. The van der Waals surface area contributed by atoms with Crippen molar-refractivity contribution >= 4 is 21.6 Å². The number of aromatic nitrogens is 2. The van der Waals surface area contributed by atoms with E-state index in [0.29, 0.717) is 43.6 Å². The van der Waals surface area contributed by atoms with E-state index >= 15 is 0 Å². The van der Waals surface area contributed by atoms with Gasteiger partial charge in [0.15, 0.2) is 0 Å². The van der Waals surface area contributed by atoms with Crippen molar-refractivity contribution in [1.29, 1.82) is 0 Å². The van der Waals surface area contributed by atoms with E-state index in [4.69, 9.17) is 4.42 Å². The van der Waals surface area contributed by atoms with Gasteiger partial charge < -0.3 is 14.6 Å². The molecule has 9 nitrogen and oxygen atoms in total. The van der Waals surface area contributed by atoms with Crippen LogP contribution in [0.2, 0.25) is 0 Å². The maximum absolute atomic E-state index is 12.9. The smallest absolute Gasteiger partial charge is 0.247 e. The average Bonchev–Trinajstić information content (AvgIpc) is 3.28. The lowest BCUT2D eigenvalue weighted by molar-refractivity contribution is -0.116. The molecule has 3 aromatic rings. The quantitative estimate of drug-likeness (QED) is 0.566. The fourth-order valence-corrected chi connectivity index (χ4v) is 4.99. The number of nitrogens with one attached hydrogen (secondary N) is 1. The lowest BCUT2D eigenvalue weighted by Crippen LogP contribution is -2.47. The van der Waals surface area contributed by atoms with E-state index in [1.165, 1.54) is 10.4 Å². The summed E-state index contributed by atoms with van der Waals surface area (Å²) in [5.74, 6) is 0.513. The molecule has 33 heavy (non-hydrogen) atoms. The van der Waals surface area contributed by atoms with E-state index in [9.17, 15) is 13.2 Å². The van der Waals surface area contributed by atoms with Crippen molar-refractivity contribution in [1.82, 2.24) is 19.4 Å². The molecule has 0 aliphatic carbocycles. The molecule has 10 heteroatoms. The minimum absolute atomic E-state index is 0.130. The molecule has 2 heterocycles. The monoisotopic (exact) mass is 469 g/mol. The number of aryl methyl sites for hydroxylation is 2. The average molecular weight is 470 g/mol. The van der Waals surface area contributed by atoms with Crippen LogP contribution < -0.4 is 5.32 Å². The topological polar surface area (TPSA) is 109 Å². The number of piperazine rings is 1. The van der Waals surface area contributed by atoms with Gasteiger partial charge in [0.2, 0.25) is 27.7 Å². The second-order valence-corrected chi connectivity index (χ2v) is 10.1. The predicted octanol–water partition coefficient (Wildman–Crippen LogP) is 2.55. The summed E-state index contributed by atoms with van der Waals surface area (Å²) in [6.07, 6.45) is 0.412. The van der Waals surface area contributed by atoms with Crippen molar-refractivity contribution in [2.45, 2.75) is 24.7 Å². The number of carbonyl (C=O) groups excluding carboxylic acids is 1. The molecule has 1 aromatic heterocycles. The summed E-state index contributed by atoms with van der Waals surface area (Å²) in [4.78, 5) is 14.7. The summed E-state index contributed by atoms with van der Waals surface area (Å²) in [7, 11) is -1.63. The van der Waals surface area contributed by atoms with Crippen molar-refractivity contribution in [3.05, 3.63) is 60.0 Å². The van der Waals surface area contributed by atoms with E-state index < -0.39 is 10.0 Å². The Balaban J connectivity index is 1.35. The van der Waals surface area contributed by atoms with Gasteiger partial charge in [0.1, 0.15) is 0 Å². The normalized spacial score (nSPS) is 15.5. The third-order valence-electron chi connectivity index (χ3n) is 5.55. The van der Waals surface area contributed by atoms with Gasteiger partial charge in [0.25, 0.3) is 0 Å². The van der Waals surface area contributed by atoms with Gasteiger partial charge in [-0.1, -0.05) is 23.8 Å². The number of likely N-dealkylation sites (N-methyl/N-ethyl adjacent to an activating group) is 1. The molecular formula is C23H27N5O4S. The highest BCUT2D eigenvalue weighted by atomic mass is 32.2. The number of sulfonamides is 1. The van der Waals surface area contributed by atoms with E-state index in [0.717, 1.165) is 11.1 Å². The maximum Gasteiger partial charge on any atom is 0.247 e. The van der Waals surface area contributed by atoms with E-state index in [-0.39, 0.29) is 23.6 Å². The Morgan fingerprint density at radius 1 is 1.06 bits per heavy atom. The van der Waals surface area contributed by atoms with Crippen LogP contribution in [0.3, 0.4) is 0 Å². The van der Waals surface area contributed by atoms with Crippen LogP contribution in [0.1, 0.15) is 17.9 Å². The van der Waals surface area contributed by atoms with Crippen molar-refractivity contribution in [3.63, 3.8) is 0 Å². The van der Waals surface area contributed by atoms with Gasteiger partial charge in [-0.15, -0.1) is 10.2 Å². The fourth-order valence-electron chi connectivity index (χ4n) is 3.52. The van der Waals surface area contributed by atoms with E-state index in [1.54, 1.807) is 18.2 Å². The highest BCUT2D eigenvalue weighted by molar-refractivity contribution is 7.89. The molecule has 1 aliphatic rings. The van der Waals surface area contributed by atoms with Gasteiger partial charge >= 0.3 is 0 Å². The van der Waals surface area contributed by atoms with Crippen LogP contribution in [0, 0.1) is 6.92 Å². The molecule has 1 amide bonds. The summed E-state index contributed by atoms with van der Waals surface area (Å²) >= 11 is 0. The number of amides is 1. The zero-order valence-electron chi connectivity index (χ0n) is 18.7. The summed E-state index contributed by atoms with van der Waals surface area (Å²) in [6, 6.07) is 14.1. The first-order valence-corrected chi connectivity index (χ1v) is 12.2. The van der Waals surface area contributed by atoms with Crippen LogP contribution >= 0.6 is 0 Å². The number of benzene rings is 2. The summed E-state index contributed by atoms with van der Waals surface area (Å²) in [5, 5.41) is 10.8. The van der Waals surface area contributed by atoms with Crippen LogP contribution in [-0.4, -0.2) is 67.0 Å².